The minimum Gasteiger partial charge on any atom is -0.297 e. The normalized spacial score (nSPS) is 13.5. The molecule has 2 aromatic carbocycles. The molecular formula is C38H35ClN8O2S2. The van der Waals surface area contributed by atoms with Crippen LogP contribution in [0.4, 0.5) is 0 Å². The van der Waals surface area contributed by atoms with Crippen molar-refractivity contribution in [2.75, 3.05) is 27.2 Å². The van der Waals surface area contributed by atoms with E-state index in [0.29, 0.717) is 48.0 Å². The third-order valence-corrected chi connectivity index (χ3v) is 9.82. The number of aryl methyl sites for hydroxylation is 2. The van der Waals surface area contributed by atoms with Gasteiger partial charge in [-0.25, -0.2) is 19.9 Å². The molecule has 0 N–H and O–H groups in total. The highest BCUT2D eigenvalue weighted by Gasteiger charge is 2.18. The van der Waals surface area contributed by atoms with Crippen molar-refractivity contribution in [2.24, 2.45) is 0 Å². The number of thiazole rings is 2. The Morgan fingerprint density at radius 1 is 0.667 bits per heavy atom. The maximum absolute atomic E-state index is 12.6. The zero-order valence-electron chi connectivity index (χ0n) is 28.6. The lowest BCUT2D eigenvalue weighted by Gasteiger charge is -2.25. The van der Waals surface area contributed by atoms with Crippen LogP contribution in [0.3, 0.4) is 0 Å². The van der Waals surface area contributed by atoms with Gasteiger partial charge in [0.15, 0.2) is 10.0 Å². The highest BCUT2D eigenvalue weighted by atomic mass is 35.5. The molecule has 4 aromatic heterocycles. The van der Waals surface area contributed by atoms with Gasteiger partial charge in [-0.1, -0.05) is 11.8 Å². The van der Waals surface area contributed by atoms with E-state index in [0.717, 1.165) is 55.6 Å². The van der Waals surface area contributed by atoms with Crippen molar-refractivity contribution in [1.82, 2.24) is 38.9 Å². The Morgan fingerprint density at radius 2 is 1.16 bits per heavy atom. The maximum atomic E-state index is 12.6. The molecule has 2 aliphatic rings. The highest BCUT2D eigenvalue weighted by Crippen LogP contribution is 2.16. The number of aromatic nitrogens is 6. The Morgan fingerprint density at radius 3 is 1.61 bits per heavy atom. The van der Waals surface area contributed by atoms with Gasteiger partial charge in [-0.2, -0.15) is 0 Å². The van der Waals surface area contributed by atoms with Crippen LogP contribution < -0.4 is 11.1 Å². The molecule has 0 radical (unpaired) electrons. The average Bonchev–Trinajstić information content (AvgIpc) is 3.74. The molecule has 0 spiro atoms. The predicted octanol–water partition coefficient (Wildman–Crippen LogP) is 4.68. The van der Waals surface area contributed by atoms with E-state index in [9.17, 15) is 9.59 Å². The van der Waals surface area contributed by atoms with Gasteiger partial charge in [0.1, 0.15) is 11.6 Å². The van der Waals surface area contributed by atoms with Gasteiger partial charge in [0.25, 0.3) is 11.1 Å². The number of halogens is 1. The van der Waals surface area contributed by atoms with Crippen molar-refractivity contribution in [3.8, 4) is 36.5 Å². The summed E-state index contributed by atoms with van der Waals surface area (Å²) in [5, 5.41) is 2.86. The first-order chi connectivity index (χ1) is 24.1. The molecule has 258 valence electrons. The molecule has 0 atom stereocenters. The summed E-state index contributed by atoms with van der Waals surface area (Å²) in [5.41, 5.74) is 3.07. The zero-order chi connectivity index (χ0) is 35.4. The van der Waals surface area contributed by atoms with Gasteiger partial charge in [-0.3, -0.25) is 28.5 Å². The fraction of sp³-hybridized carbons (Fsp3) is 0.263. The molecule has 8 rings (SSSR count). The molecule has 0 fully saturated rings. The summed E-state index contributed by atoms with van der Waals surface area (Å²) in [6.45, 7) is 8.53. The third kappa shape index (κ3) is 8.61. The van der Waals surface area contributed by atoms with Crippen LogP contribution in [-0.4, -0.2) is 66.1 Å². The Hall–Kier alpha value is -5.13. The smallest absolute Gasteiger partial charge is 0.261 e. The van der Waals surface area contributed by atoms with Crippen molar-refractivity contribution in [3.63, 3.8) is 0 Å². The van der Waals surface area contributed by atoms with Gasteiger partial charge in [0, 0.05) is 59.5 Å². The quantitative estimate of drug-likeness (QED) is 0.208. The fourth-order valence-corrected chi connectivity index (χ4v) is 6.74. The predicted molar refractivity (Wildman–Crippen MR) is 207 cm³/mol. The van der Waals surface area contributed by atoms with E-state index in [2.05, 4.69) is 53.4 Å². The van der Waals surface area contributed by atoms with Gasteiger partial charge < -0.3 is 0 Å². The summed E-state index contributed by atoms with van der Waals surface area (Å²) < 4.78 is 3.55. The van der Waals surface area contributed by atoms with Crippen LogP contribution in [0.5, 0.6) is 0 Å². The van der Waals surface area contributed by atoms with Crippen LogP contribution in [0, 0.1) is 50.4 Å². The second-order valence-corrected chi connectivity index (χ2v) is 14.5. The maximum Gasteiger partial charge on any atom is 0.261 e. The van der Waals surface area contributed by atoms with Gasteiger partial charge in [-0.15, -0.1) is 47.9 Å². The summed E-state index contributed by atoms with van der Waals surface area (Å²) in [5.74, 6) is 12.8. The van der Waals surface area contributed by atoms with E-state index in [4.69, 9.17) is 12.8 Å². The van der Waals surface area contributed by atoms with E-state index in [-0.39, 0.29) is 23.5 Å². The van der Waals surface area contributed by atoms with Gasteiger partial charge in [0.2, 0.25) is 0 Å². The minimum atomic E-state index is 0. The summed E-state index contributed by atoms with van der Waals surface area (Å²) in [6.07, 6.45) is 14.0. The third-order valence-electron chi connectivity index (χ3n) is 8.15. The fourth-order valence-electron chi connectivity index (χ4n) is 5.55. The van der Waals surface area contributed by atoms with Gasteiger partial charge in [-0.05, 0) is 76.2 Å². The number of benzene rings is 2. The van der Waals surface area contributed by atoms with Crippen molar-refractivity contribution < 1.29 is 0 Å². The van der Waals surface area contributed by atoms with Crippen molar-refractivity contribution in [2.45, 2.75) is 40.0 Å². The number of terminal acetylenes is 2. The highest BCUT2D eigenvalue weighted by molar-refractivity contribution is 7.12. The average molecular weight is 735 g/mol. The monoisotopic (exact) mass is 734 g/mol. The SMILES string of the molecule is C#Cc1ccc2c(=O)n3c(nc2c1)CN(C)CC3.C#Cc1ncc(C)s1.Cc1cnc(C#Cc2ccc3c(=O)n4c(nc3c2)CN(C)CC4)s1.Cl. The zero-order valence-corrected chi connectivity index (χ0v) is 31.1. The number of hydrogen-bond donors (Lipinski definition) is 0. The molecule has 2 aliphatic heterocycles. The van der Waals surface area contributed by atoms with Crippen LogP contribution in [0.1, 0.15) is 42.5 Å². The molecule has 6 heterocycles. The standard InChI is InChI=1S/C18H16N4OS.C14H13N3O.C6H5NS.ClH/c1-12-10-19-17(24-12)6-4-13-3-5-14-15(9-13)20-16-11-21(2)7-8-22(16)18(14)23;1-3-10-4-5-11-12(8-10)15-13-9-16(2)6-7-17(13)14(11)18;1-3-6-7-4-5(2)8-6;/h3,5,9-10H,7-8,11H2,1-2H3;1,4-5,8H,6-7,9H2,2H3;1,4H,2H3;1H. The first kappa shape index (κ1) is 37.1. The molecular weight excluding hydrogens is 700 g/mol. The second kappa shape index (κ2) is 16.3. The molecule has 0 saturated carbocycles. The van der Waals surface area contributed by atoms with Crippen molar-refractivity contribution in [1.29, 1.82) is 0 Å². The van der Waals surface area contributed by atoms with Crippen LogP contribution in [-0.2, 0) is 26.2 Å². The van der Waals surface area contributed by atoms with Crippen LogP contribution >= 0.6 is 35.1 Å². The topological polar surface area (TPSA) is 102 Å². The molecule has 51 heavy (non-hydrogen) atoms. The number of likely N-dealkylation sites (N-methyl/N-ethyl adjacent to an activating group) is 2. The molecule has 0 unspecified atom stereocenters. The van der Waals surface area contributed by atoms with E-state index >= 15 is 0 Å². The van der Waals surface area contributed by atoms with Gasteiger partial charge in [0.05, 0.1) is 34.9 Å². The largest absolute Gasteiger partial charge is 0.297 e. The van der Waals surface area contributed by atoms with Crippen molar-refractivity contribution in [3.05, 3.63) is 112 Å². The molecule has 0 aliphatic carbocycles. The van der Waals surface area contributed by atoms with Gasteiger partial charge >= 0.3 is 0 Å². The minimum absolute atomic E-state index is 0. The Bertz CT molecular complexity index is 2510. The summed E-state index contributed by atoms with van der Waals surface area (Å²) >= 11 is 3.11. The number of hydrogen-bond acceptors (Lipinski definition) is 10. The second-order valence-electron chi connectivity index (χ2n) is 12.0. The summed E-state index contributed by atoms with van der Waals surface area (Å²) in [7, 11) is 4.06. The Labute approximate surface area is 310 Å². The first-order valence-electron chi connectivity index (χ1n) is 15.9. The number of rotatable bonds is 0. The molecule has 0 saturated heterocycles. The molecule has 10 nitrogen and oxygen atoms in total. The molecule has 13 heteroatoms. The van der Waals surface area contributed by atoms with E-state index in [1.54, 1.807) is 56.2 Å². The summed E-state index contributed by atoms with van der Waals surface area (Å²) in [4.78, 5) is 49.0. The van der Waals surface area contributed by atoms with Crippen LogP contribution in [0.2, 0.25) is 0 Å². The lowest BCUT2D eigenvalue weighted by Crippen LogP contribution is -2.38. The molecule has 0 bridgehead atoms. The number of fused-ring (bicyclic) bond motifs is 4. The van der Waals surface area contributed by atoms with E-state index in [1.165, 1.54) is 0 Å². The van der Waals surface area contributed by atoms with Crippen molar-refractivity contribution >= 4 is 56.9 Å². The molecule has 0 amide bonds. The van der Waals surface area contributed by atoms with Crippen LogP contribution in [0.25, 0.3) is 21.8 Å². The lowest BCUT2D eigenvalue weighted by molar-refractivity contribution is 0.259. The summed E-state index contributed by atoms with van der Waals surface area (Å²) in [6, 6.07) is 10.9. The van der Waals surface area contributed by atoms with E-state index < -0.39 is 0 Å². The first-order valence-corrected chi connectivity index (χ1v) is 17.5. The van der Waals surface area contributed by atoms with Crippen LogP contribution in [0.15, 0.2) is 58.4 Å². The lowest BCUT2D eigenvalue weighted by atomic mass is 10.1. The molecule has 6 aromatic rings. The Kier molecular flexibility index (Phi) is 11.8. The number of nitrogens with zero attached hydrogens (tertiary/aromatic N) is 8. The van der Waals surface area contributed by atoms with E-state index in [1.807, 2.05) is 52.3 Å². The Balaban J connectivity index is 0.000000164.